The second-order valence-corrected chi connectivity index (χ2v) is 18.5. The van der Waals surface area contributed by atoms with Gasteiger partial charge in [-0.05, 0) is 84.7 Å². The molecule has 0 spiro atoms. The normalized spacial score (nSPS) is 19.4. The minimum absolute atomic E-state index is 0.261. The quantitative estimate of drug-likeness (QED) is 0.188. The largest absolute Gasteiger partial charge is 0.453 e. The lowest BCUT2D eigenvalue weighted by atomic mass is 9.85. The van der Waals surface area contributed by atoms with Crippen LogP contribution in [0, 0.1) is 10.8 Å². The maximum absolute atomic E-state index is 13.6. The fourth-order valence-electron chi connectivity index (χ4n) is 8.48. The van der Waals surface area contributed by atoms with Gasteiger partial charge in [0.05, 0.1) is 14.2 Å². The van der Waals surface area contributed by atoms with Crippen molar-refractivity contribution in [1.82, 2.24) is 25.3 Å². The Bertz CT molecular complexity index is 1710. The van der Waals surface area contributed by atoms with Gasteiger partial charge in [-0.1, -0.05) is 78.6 Å². The number of hydrogen-bond donors (Lipinski definition) is 4. The molecule has 2 aromatic carbocycles. The van der Waals surface area contributed by atoms with Gasteiger partial charge in [0.15, 0.2) is 0 Å². The van der Waals surface area contributed by atoms with E-state index in [0.717, 1.165) is 37.1 Å². The topological polar surface area (TPSA) is 179 Å². The van der Waals surface area contributed by atoms with Crippen LogP contribution in [0.25, 0.3) is 0 Å². The Kier molecular flexibility index (Phi) is 15.2. The van der Waals surface area contributed by atoms with Gasteiger partial charge in [0.2, 0.25) is 23.6 Å². The fraction of sp³-hybridized carbons (Fsp3) is 0.600. The number of carbonyl (C=O) groups is 6. The Morgan fingerprint density at radius 1 is 0.600 bits per heavy atom. The van der Waals surface area contributed by atoms with Crippen molar-refractivity contribution in [2.24, 2.45) is 10.8 Å². The van der Waals surface area contributed by atoms with Crippen LogP contribution < -0.4 is 21.3 Å². The fourth-order valence-corrected chi connectivity index (χ4v) is 8.48. The second kappa shape index (κ2) is 19.9. The molecule has 3 fully saturated rings. The molecule has 1 aliphatic carbocycles. The number of nitrogens with one attached hydrogen (secondary N) is 4. The lowest BCUT2D eigenvalue weighted by Crippen LogP contribution is -2.57. The number of benzene rings is 2. The van der Waals surface area contributed by atoms with Crippen molar-refractivity contribution in [2.45, 2.75) is 136 Å². The number of methoxy groups -OCH3 is 2. The van der Waals surface area contributed by atoms with Crippen LogP contribution in [0.15, 0.2) is 48.5 Å². The summed E-state index contributed by atoms with van der Waals surface area (Å²) in [5.41, 5.74) is 2.31. The molecule has 2 heterocycles. The van der Waals surface area contributed by atoms with E-state index in [1.807, 2.05) is 90.1 Å². The van der Waals surface area contributed by atoms with E-state index in [-0.39, 0.29) is 23.6 Å². The highest BCUT2D eigenvalue weighted by molar-refractivity contribution is 5.99. The van der Waals surface area contributed by atoms with E-state index in [1.165, 1.54) is 27.1 Å². The predicted octanol–water partition coefficient (Wildman–Crippen LogP) is 6.03. The van der Waals surface area contributed by atoms with Gasteiger partial charge in [0, 0.05) is 43.6 Å². The summed E-state index contributed by atoms with van der Waals surface area (Å²) in [6.07, 6.45) is 5.65. The standard InChI is InChI=1S/C45H65N7O8/c1-44(2,3)36(48-42(57)59-7)40(55)51-25-11-15-34(51)38(53)46-31-21-17-29(18-22-31)27-50(33-13-9-10-14-33)28-30-19-23-32(24-20-30)47-39(54)35-16-12-26-52(35)41(56)37(45(4,5)6)49-43(58)60-8/h17-24,33-37H,9-16,25-28H2,1-8H3,(H,46,53)(H,47,54)(H,48,57)(H,49,58)/t34-,35-,36-,37-/m0/s1. The first-order chi connectivity index (χ1) is 28.4. The smallest absolute Gasteiger partial charge is 0.407 e. The Hall–Kier alpha value is -5.18. The van der Waals surface area contributed by atoms with E-state index in [9.17, 15) is 28.8 Å². The van der Waals surface area contributed by atoms with Crippen LogP contribution in [0.5, 0.6) is 0 Å². The van der Waals surface area contributed by atoms with Gasteiger partial charge >= 0.3 is 12.2 Å². The molecule has 2 saturated heterocycles. The van der Waals surface area contributed by atoms with Gasteiger partial charge in [-0.2, -0.15) is 0 Å². The summed E-state index contributed by atoms with van der Waals surface area (Å²) in [6, 6.07) is 13.1. The molecule has 60 heavy (non-hydrogen) atoms. The van der Waals surface area contributed by atoms with Crippen LogP contribution in [0.2, 0.25) is 0 Å². The monoisotopic (exact) mass is 831 g/mol. The Morgan fingerprint density at radius 3 is 1.30 bits per heavy atom. The Morgan fingerprint density at radius 2 is 0.967 bits per heavy atom. The molecule has 4 N–H and O–H groups in total. The van der Waals surface area contributed by atoms with E-state index < -0.39 is 47.2 Å². The lowest BCUT2D eigenvalue weighted by Gasteiger charge is -2.35. The predicted molar refractivity (Wildman–Crippen MR) is 229 cm³/mol. The van der Waals surface area contributed by atoms with E-state index >= 15 is 0 Å². The van der Waals surface area contributed by atoms with Crippen molar-refractivity contribution in [3.8, 4) is 0 Å². The summed E-state index contributed by atoms with van der Waals surface area (Å²) in [6.45, 7) is 13.5. The SMILES string of the molecule is COC(=O)N[C@@H](C(=O)N1CCC[C@H]1C(=O)Nc1ccc(CN(Cc2ccc(NC(=O)[C@@H]3CCCN3C(=O)[C@H](NC(=O)OC)C(C)(C)C)cc2)C2CCCC2)cc1)C(C)(C)C. The molecular weight excluding hydrogens is 767 g/mol. The summed E-state index contributed by atoms with van der Waals surface area (Å²) in [5, 5.41) is 11.3. The molecule has 3 aliphatic rings. The van der Waals surface area contributed by atoms with Crippen molar-refractivity contribution in [2.75, 3.05) is 37.9 Å². The number of amides is 6. The summed E-state index contributed by atoms with van der Waals surface area (Å²) >= 11 is 0. The molecule has 328 valence electrons. The molecule has 2 aliphatic heterocycles. The highest BCUT2D eigenvalue weighted by Crippen LogP contribution is 2.30. The third-order valence-electron chi connectivity index (χ3n) is 11.9. The number of rotatable bonds is 13. The minimum atomic E-state index is -0.849. The zero-order chi connectivity index (χ0) is 43.8. The molecule has 0 aromatic heterocycles. The number of carbonyl (C=O) groups excluding carboxylic acids is 6. The zero-order valence-electron chi connectivity index (χ0n) is 36.6. The van der Waals surface area contributed by atoms with E-state index in [0.29, 0.717) is 56.2 Å². The first-order valence-electron chi connectivity index (χ1n) is 21.2. The molecule has 0 unspecified atom stereocenters. The third kappa shape index (κ3) is 11.8. The van der Waals surface area contributed by atoms with E-state index in [1.54, 1.807) is 9.80 Å². The molecule has 4 atom stereocenters. The van der Waals surface area contributed by atoms with Crippen molar-refractivity contribution in [1.29, 1.82) is 0 Å². The third-order valence-corrected chi connectivity index (χ3v) is 11.9. The van der Waals surface area contributed by atoms with E-state index in [2.05, 4.69) is 26.2 Å². The first-order valence-corrected chi connectivity index (χ1v) is 21.2. The van der Waals surface area contributed by atoms with Crippen molar-refractivity contribution < 1.29 is 38.2 Å². The molecule has 5 rings (SSSR count). The average Bonchev–Trinajstić information content (AvgIpc) is 4.02. The van der Waals surface area contributed by atoms with Crippen LogP contribution in [-0.4, -0.2) is 108 Å². The summed E-state index contributed by atoms with van der Waals surface area (Å²) < 4.78 is 9.52. The summed E-state index contributed by atoms with van der Waals surface area (Å²) in [7, 11) is 2.51. The number of alkyl carbamates (subject to hydrolysis) is 2. The van der Waals surface area contributed by atoms with Crippen molar-refractivity contribution in [3.05, 3.63) is 59.7 Å². The van der Waals surface area contributed by atoms with Crippen molar-refractivity contribution in [3.63, 3.8) is 0 Å². The van der Waals surface area contributed by atoms with Crippen LogP contribution in [0.1, 0.15) is 104 Å². The molecule has 2 aromatic rings. The lowest BCUT2D eigenvalue weighted by molar-refractivity contribution is -0.140. The number of hydrogen-bond acceptors (Lipinski definition) is 9. The van der Waals surface area contributed by atoms with Crippen LogP contribution >= 0.6 is 0 Å². The molecule has 15 heteroatoms. The Balaban J connectivity index is 1.19. The summed E-state index contributed by atoms with van der Waals surface area (Å²) in [4.78, 5) is 84.1. The van der Waals surface area contributed by atoms with Gasteiger partial charge in [-0.25, -0.2) is 9.59 Å². The van der Waals surface area contributed by atoms with Gasteiger partial charge < -0.3 is 40.5 Å². The highest BCUT2D eigenvalue weighted by Gasteiger charge is 2.43. The van der Waals surface area contributed by atoms with Gasteiger partial charge in [-0.3, -0.25) is 24.1 Å². The summed E-state index contributed by atoms with van der Waals surface area (Å²) in [5.74, 6) is -1.14. The molecule has 6 amide bonds. The van der Waals surface area contributed by atoms with Crippen LogP contribution in [-0.2, 0) is 41.7 Å². The molecule has 0 bridgehead atoms. The van der Waals surface area contributed by atoms with Crippen LogP contribution in [0.3, 0.4) is 0 Å². The number of likely N-dealkylation sites (tertiary alicyclic amines) is 2. The molecule has 15 nitrogen and oxygen atoms in total. The maximum atomic E-state index is 13.6. The van der Waals surface area contributed by atoms with Crippen molar-refractivity contribution >= 4 is 47.2 Å². The maximum Gasteiger partial charge on any atom is 0.407 e. The van der Waals surface area contributed by atoms with E-state index in [4.69, 9.17) is 9.47 Å². The zero-order valence-corrected chi connectivity index (χ0v) is 36.6. The molecule has 0 radical (unpaired) electrons. The molecule has 1 saturated carbocycles. The first kappa shape index (κ1) is 45.9. The number of nitrogens with zero attached hydrogens (tertiary/aromatic N) is 3. The minimum Gasteiger partial charge on any atom is -0.453 e. The second-order valence-electron chi connectivity index (χ2n) is 18.5. The van der Waals surface area contributed by atoms with Gasteiger partial charge in [-0.15, -0.1) is 0 Å². The van der Waals surface area contributed by atoms with Gasteiger partial charge in [0.25, 0.3) is 0 Å². The Labute approximate surface area is 354 Å². The number of anilines is 2. The van der Waals surface area contributed by atoms with Crippen LogP contribution in [0.4, 0.5) is 21.0 Å². The molecular formula is C45H65N7O8. The highest BCUT2D eigenvalue weighted by atomic mass is 16.5. The number of ether oxygens (including phenoxy) is 2. The van der Waals surface area contributed by atoms with Gasteiger partial charge in [0.1, 0.15) is 24.2 Å². The average molecular weight is 832 g/mol.